The minimum atomic E-state index is -0.200. The Morgan fingerprint density at radius 3 is 2.56 bits per heavy atom. The third kappa shape index (κ3) is 4.26. The molecule has 3 rings (SSSR count). The highest BCUT2D eigenvalue weighted by molar-refractivity contribution is 5.94. The Hall–Kier alpha value is -3.08. The number of nitrogens with one attached hydrogen (secondary N) is 2. The quantitative estimate of drug-likeness (QED) is 0.726. The van der Waals surface area contributed by atoms with Crippen LogP contribution in [-0.4, -0.2) is 35.3 Å². The molecule has 0 aliphatic heterocycles. The van der Waals surface area contributed by atoms with E-state index in [-0.39, 0.29) is 18.4 Å². The lowest BCUT2D eigenvalue weighted by Gasteiger charge is -2.16. The fraction of sp³-hybridized carbons (Fsp3) is 0.200. The Kier molecular flexibility index (Phi) is 5.14. The van der Waals surface area contributed by atoms with Crippen LogP contribution in [0.4, 0.5) is 5.69 Å². The molecule has 3 aromatic rings. The molecule has 128 valence electrons. The molecule has 5 heteroatoms. The van der Waals surface area contributed by atoms with Gasteiger partial charge in [-0.05, 0) is 30.2 Å². The van der Waals surface area contributed by atoms with Crippen molar-refractivity contribution < 1.29 is 9.59 Å². The summed E-state index contributed by atoms with van der Waals surface area (Å²) < 4.78 is 0. The summed E-state index contributed by atoms with van der Waals surface area (Å²) in [6.07, 6.45) is 2.96. The summed E-state index contributed by atoms with van der Waals surface area (Å²) in [5, 5.41) is 3.92. The van der Waals surface area contributed by atoms with Crippen LogP contribution in [0.25, 0.3) is 10.9 Å². The van der Waals surface area contributed by atoms with E-state index in [2.05, 4.69) is 10.3 Å². The average Bonchev–Trinajstić information content (AvgIpc) is 3.03. The van der Waals surface area contributed by atoms with E-state index < -0.39 is 0 Å². The van der Waals surface area contributed by atoms with E-state index in [0.29, 0.717) is 12.8 Å². The lowest BCUT2D eigenvalue weighted by Crippen LogP contribution is -2.35. The second-order valence-corrected chi connectivity index (χ2v) is 6.02. The average molecular weight is 335 g/mol. The summed E-state index contributed by atoms with van der Waals surface area (Å²) in [5.41, 5.74) is 2.92. The van der Waals surface area contributed by atoms with Crippen molar-refractivity contribution in [2.24, 2.45) is 0 Å². The van der Waals surface area contributed by atoms with Crippen LogP contribution in [0, 0.1) is 0 Å². The molecule has 0 fully saturated rings. The first kappa shape index (κ1) is 16.8. The van der Waals surface area contributed by atoms with Crippen LogP contribution in [0.2, 0.25) is 0 Å². The Morgan fingerprint density at radius 1 is 1.04 bits per heavy atom. The molecular weight excluding hydrogens is 314 g/mol. The van der Waals surface area contributed by atoms with Gasteiger partial charge in [0.05, 0.1) is 6.54 Å². The van der Waals surface area contributed by atoms with Gasteiger partial charge in [-0.1, -0.05) is 36.4 Å². The first-order valence-corrected chi connectivity index (χ1v) is 8.27. The summed E-state index contributed by atoms with van der Waals surface area (Å²) in [4.78, 5) is 29.0. The number of likely N-dealkylation sites (N-methyl/N-ethyl adjacent to an activating group) is 1. The summed E-state index contributed by atoms with van der Waals surface area (Å²) in [7, 11) is 1.65. The number of carbonyl (C=O) groups excluding carboxylic acids is 2. The maximum absolute atomic E-state index is 12.3. The van der Waals surface area contributed by atoms with Crippen LogP contribution in [-0.2, 0) is 16.0 Å². The number of carbonyl (C=O) groups is 2. The molecule has 1 heterocycles. The highest BCUT2D eigenvalue weighted by atomic mass is 16.2. The van der Waals surface area contributed by atoms with Gasteiger partial charge in [-0.25, -0.2) is 0 Å². The van der Waals surface area contributed by atoms with Gasteiger partial charge in [-0.15, -0.1) is 0 Å². The fourth-order valence-corrected chi connectivity index (χ4v) is 2.80. The normalized spacial score (nSPS) is 10.6. The van der Waals surface area contributed by atoms with Gasteiger partial charge in [0.25, 0.3) is 0 Å². The van der Waals surface area contributed by atoms with Crippen LogP contribution < -0.4 is 5.32 Å². The molecule has 0 saturated carbocycles. The van der Waals surface area contributed by atoms with E-state index >= 15 is 0 Å². The molecule has 0 radical (unpaired) electrons. The first-order chi connectivity index (χ1) is 12.1. The molecule has 0 spiro atoms. The maximum Gasteiger partial charge on any atom is 0.243 e. The summed E-state index contributed by atoms with van der Waals surface area (Å²) >= 11 is 0. The molecule has 2 N–H and O–H groups in total. The van der Waals surface area contributed by atoms with Crippen molar-refractivity contribution in [3.63, 3.8) is 0 Å². The van der Waals surface area contributed by atoms with E-state index in [1.807, 2.05) is 60.8 Å². The minimum absolute atomic E-state index is 0.0433. The number of hydrogen-bond donors (Lipinski definition) is 2. The number of hydrogen-bond acceptors (Lipinski definition) is 2. The summed E-state index contributed by atoms with van der Waals surface area (Å²) in [6.45, 7) is 0.0433. The van der Waals surface area contributed by atoms with Gasteiger partial charge in [-0.2, -0.15) is 0 Å². The van der Waals surface area contributed by atoms with Crippen LogP contribution >= 0.6 is 0 Å². The molecule has 0 saturated heterocycles. The molecule has 0 aliphatic rings. The largest absolute Gasteiger partial charge is 0.361 e. The molecule has 0 atom stereocenters. The second-order valence-electron chi connectivity index (χ2n) is 6.02. The Bertz CT molecular complexity index is 871. The lowest BCUT2D eigenvalue weighted by atomic mass is 10.1. The number of fused-ring (bicyclic) bond motifs is 1. The second kappa shape index (κ2) is 7.66. The Labute approximate surface area is 146 Å². The van der Waals surface area contributed by atoms with Crippen LogP contribution in [0.15, 0.2) is 60.8 Å². The highest BCUT2D eigenvalue weighted by Crippen LogP contribution is 2.19. The molecule has 0 bridgehead atoms. The zero-order chi connectivity index (χ0) is 17.6. The number of nitrogens with zero attached hydrogens (tertiary/aromatic N) is 1. The molecular formula is C20H21N3O2. The van der Waals surface area contributed by atoms with E-state index in [9.17, 15) is 9.59 Å². The smallest absolute Gasteiger partial charge is 0.243 e. The third-order valence-corrected chi connectivity index (χ3v) is 4.15. The lowest BCUT2D eigenvalue weighted by molar-refractivity contribution is -0.133. The number of aromatic nitrogens is 1. The Balaban J connectivity index is 1.51. The van der Waals surface area contributed by atoms with Crippen LogP contribution in [0.5, 0.6) is 0 Å². The molecule has 25 heavy (non-hydrogen) atoms. The molecule has 2 amide bonds. The van der Waals surface area contributed by atoms with E-state index in [4.69, 9.17) is 0 Å². The van der Waals surface area contributed by atoms with Crippen molar-refractivity contribution in [3.05, 3.63) is 66.4 Å². The van der Waals surface area contributed by atoms with Crippen molar-refractivity contribution in [2.75, 3.05) is 18.9 Å². The van der Waals surface area contributed by atoms with Crippen molar-refractivity contribution >= 4 is 28.4 Å². The standard InChI is InChI=1S/C20H21N3O2/c1-23(14-19(24)22-16-7-3-2-4-8-16)20(25)12-11-15-13-21-18-10-6-5-9-17(15)18/h2-10,13,21H,11-12,14H2,1H3,(H,22,24). The minimum Gasteiger partial charge on any atom is -0.361 e. The number of rotatable bonds is 6. The summed E-state index contributed by atoms with van der Waals surface area (Å²) in [5.74, 6) is -0.248. The number of aromatic amines is 1. The van der Waals surface area contributed by atoms with Crippen molar-refractivity contribution in [2.45, 2.75) is 12.8 Å². The van der Waals surface area contributed by atoms with Crippen LogP contribution in [0.1, 0.15) is 12.0 Å². The number of anilines is 1. The molecule has 0 unspecified atom stereocenters. The van der Waals surface area contributed by atoms with E-state index in [0.717, 1.165) is 22.2 Å². The zero-order valence-electron chi connectivity index (χ0n) is 14.2. The van der Waals surface area contributed by atoms with Gasteiger partial charge in [0.2, 0.25) is 11.8 Å². The van der Waals surface area contributed by atoms with Gasteiger partial charge in [0, 0.05) is 36.3 Å². The SMILES string of the molecule is CN(CC(=O)Nc1ccccc1)C(=O)CCc1c[nH]c2ccccc12. The van der Waals surface area contributed by atoms with Gasteiger partial charge >= 0.3 is 0 Å². The number of H-pyrrole nitrogens is 1. The fourth-order valence-electron chi connectivity index (χ4n) is 2.80. The maximum atomic E-state index is 12.3. The predicted molar refractivity (Wildman–Crippen MR) is 99.3 cm³/mol. The number of amides is 2. The third-order valence-electron chi connectivity index (χ3n) is 4.15. The van der Waals surface area contributed by atoms with Crippen molar-refractivity contribution in [1.82, 2.24) is 9.88 Å². The predicted octanol–water partition coefficient (Wildman–Crippen LogP) is 3.20. The molecule has 0 aliphatic carbocycles. The highest BCUT2D eigenvalue weighted by Gasteiger charge is 2.14. The number of benzene rings is 2. The van der Waals surface area contributed by atoms with Crippen molar-refractivity contribution in [3.8, 4) is 0 Å². The topological polar surface area (TPSA) is 65.2 Å². The molecule has 2 aromatic carbocycles. The summed E-state index contributed by atoms with van der Waals surface area (Å²) in [6, 6.07) is 17.2. The first-order valence-electron chi connectivity index (χ1n) is 8.27. The van der Waals surface area contributed by atoms with Gasteiger partial charge in [0.15, 0.2) is 0 Å². The number of aryl methyl sites for hydroxylation is 1. The molecule has 1 aromatic heterocycles. The van der Waals surface area contributed by atoms with Crippen LogP contribution in [0.3, 0.4) is 0 Å². The van der Waals surface area contributed by atoms with E-state index in [1.54, 1.807) is 7.05 Å². The zero-order valence-corrected chi connectivity index (χ0v) is 14.2. The van der Waals surface area contributed by atoms with Crippen molar-refractivity contribution in [1.29, 1.82) is 0 Å². The molecule has 5 nitrogen and oxygen atoms in total. The van der Waals surface area contributed by atoms with Gasteiger partial charge in [0.1, 0.15) is 0 Å². The number of para-hydroxylation sites is 2. The Morgan fingerprint density at radius 2 is 1.76 bits per heavy atom. The van der Waals surface area contributed by atoms with Gasteiger partial charge < -0.3 is 15.2 Å². The van der Waals surface area contributed by atoms with Gasteiger partial charge in [-0.3, -0.25) is 9.59 Å². The van der Waals surface area contributed by atoms with E-state index in [1.165, 1.54) is 4.90 Å². The monoisotopic (exact) mass is 335 g/mol.